The smallest absolute Gasteiger partial charge is 0.326 e. The normalized spacial score (nSPS) is 22.5. The molecule has 0 spiro atoms. The van der Waals surface area contributed by atoms with Crippen molar-refractivity contribution < 1.29 is 19.8 Å². The molecule has 0 radical (unpaired) electrons. The summed E-state index contributed by atoms with van der Waals surface area (Å²) in [6.07, 6.45) is 2.70. The van der Waals surface area contributed by atoms with Gasteiger partial charge in [0.15, 0.2) is 0 Å². The van der Waals surface area contributed by atoms with Crippen molar-refractivity contribution in [1.29, 1.82) is 0 Å². The second-order valence-electron chi connectivity index (χ2n) is 4.40. The number of nitrogens with zero attached hydrogens (tertiary/aromatic N) is 3. The van der Waals surface area contributed by atoms with Crippen LogP contribution in [0.25, 0.3) is 0 Å². The Bertz CT molecular complexity index is 448. The SMILES string of the molecule is O=C(O)[C@@H]1C[C@H](O)CN1C(=O)NCCn1cccn1. The summed E-state index contributed by atoms with van der Waals surface area (Å²) in [6, 6.07) is 0.342. The van der Waals surface area contributed by atoms with Crippen LogP contribution < -0.4 is 5.32 Å². The largest absolute Gasteiger partial charge is 0.480 e. The van der Waals surface area contributed by atoms with E-state index in [-0.39, 0.29) is 13.0 Å². The lowest BCUT2D eigenvalue weighted by atomic mass is 10.2. The molecule has 1 fully saturated rings. The summed E-state index contributed by atoms with van der Waals surface area (Å²) in [5.74, 6) is -1.10. The lowest BCUT2D eigenvalue weighted by Crippen LogP contribution is -2.46. The minimum atomic E-state index is -1.10. The number of urea groups is 1. The summed E-state index contributed by atoms with van der Waals surface area (Å²) in [5, 5.41) is 25.0. The van der Waals surface area contributed by atoms with Crippen LogP contribution in [0.2, 0.25) is 0 Å². The van der Waals surface area contributed by atoms with Gasteiger partial charge in [-0.25, -0.2) is 9.59 Å². The van der Waals surface area contributed by atoms with Crippen LogP contribution in [0.15, 0.2) is 18.5 Å². The van der Waals surface area contributed by atoms with E-state index in [4.69, 9.17) is 5.11 Å². The van der Waals surface area contributed by atoms with Gasteiger partial charge in [-0.2, -0.15) is 5.10 Å². The number of β-amino-alcohol motifs (C(OH)–C–C–N with tert-alkyl or cyclic N) is 1. The van der Waals surface area contributed by atoms with E-state index in [0.717, 1.165) is 4.90 Å². The fourth-order valence-electron chi connectivity index (χ4n) is 2.08. The van der Waals surface area contributed by atoms with Gasteiger partial charge in [0.1, 0.15) is 6.04 Å². The molecule has 1 aromatic rings. The van der Waals surface area contributed by atoms with Gasteiger partial charge in [-0.05, 0) is 6.07 Å². The Morgan fingerprint density at radius 1 is 1.47 bits per heavy atom. The number of rotatable bonds is 4. The van der Waals surface area contributed by atoms with Crippen molar-refractivity contribution in [3.63, 3.8) is 0 Å². The highest BCUT2D eigenvalue weighted by molar-refractivity contribution is 5.83. The van der Waals surface area contributed by atoms with Crippen LogP contribution >= 0.6 is 0 Å². The van der Waals surface area contributed by atoms with Gasteiger partial charge in [0.05, 0.1) is 12.6 Å². The number of aliphatic carboxylic acids is 1. The number of aliphatic hydroxyl groups is 1. The lowest BCUT2D eigenvalue weighted by Gasteiger charge is -2.21. The van der Waals surface area contributed by atoms with Crippen LogP contribution in [-0.4, -0.2) is 62.1 Å². The minimum absolute atomic E-state index is 0.0462. The summed E-state index contributed by atoms with van der Waals surface area (Å²) in [5.41, 5.74) is 0. The molecular weight excluding hydrogens is 252 g/mol. The average Bonchev–Trinajstić information content (AvgIpc) is 2.98. The van der Waals surface area contributed by atoms with E-state index in [2.05, 4.69) is 10.4 Å². The number of hydrogen-bond acceptors (Lipinski definition) is 4. The van der Waals surface area contributed by atoms with Gasteiger partial charge < -0.3 is 20.4 Å². The predicted molar refractivity (Wildman–Crippen MR) is 64.4 cm³/mol. The van der Waals surface area contributed by atoms with Gasteiger partial charge in [-0.15, -0.1) is 0 Å². The highest BCUT2D eigenvalue weighted by atomic mass is 16.4. The molecule has 1 aliphatic heterocycles. The number of carbonyl (C=O) groups is 2. The molecule has 1 aliphatic rings. The maximum absolute atomic E-state index is 11.8. The second-order valence-corrected chi connectivity index (χ2v) is 4.40. The van der Waals surface area contributed by atoms with Crippen molar-refractivity contribution in [3.05, 3.63) is 18.5 Å². The van der Waals surface area contributed by atoms with Gasteiger partial charge in [-0.1, -0.05) is 0 Å². The highest BCUT2D eigenvalue weighted by Gasteiger charge is 2.38. The molecule has 2 heterocycles. The Hall–Kier alpha value is -2.09. The molecule has 3 N–H and O–H groups in total. The molecule has 2 atom stereocenters. The van der Waals surface area contributed by atoms with Crippen LogP contribution in [0.4, 0.5) is 4.79 Å². The first-order valence-electron chi connectivity index (χ1n) is 6.00. The van der Waals surface area contributed by atoms with Gasteiger partial charge in [0, 0.05) is 31.9 Å². The first-order chi connectivity index (χ1) is 9.08. The Balaban J connectivity index is 1.83. The average molecular weight is 268 g/mol. The van der Waals surface area contributed by atoms with Gasteiger partial charge in [-0.3, -0.25) is 4.68 Å². The molecular formula is C11H16N4O4. The molecule has 1 aromatic heterocycles. The number of likely N-dealkylation sites (tertiary alicyclic amines) is 1. The summed E-state index contributed by atoms with van der Waals surface area (Å²) >= 11 is 0. The molecule has 1 saturated heterocycles. The standard InChI is InChI=1S/C11H16N4O4/c16-8-6-9(10(17)18)15(7-8)11(19)12-3-5-14-4-1-2-13-14/h1-2,4,8-9,16H,3,5-7H2,(H,12,19)(H,17,18)/t8-,9-/m0/s1. The topological polar surface area (TPSA) is 108 Å². The third-order valence-electron chi connectivity index (χ3n) is 3.00. The van der Waals surface area contributed by atoms with Crippen molar-refractivity contribution in [2.24, 2.45) is 0 Å². The summed E-state index contributed by atoms with van der Waals surface area (Å²) in [4.78, 5) is 24.0. The molecule has 0 unspecified atom stereocenters. The van der Waals surface area contributed by atoms with Crippen LogP contribution in [0.3, 0.4) is 0 Å². The van der Waals surface area contributed by atoms with Crippen molar-refractivity contribution in [2.75, 3.05) is 13.1 Å². The molecule has 2 amide bonds. The maximum atomic E-state index is 11.8. The van der Waals surface area contributed by atoms with E-state index < -0.39 is 24.1 Å². The highest BCUT2D eigenvalue weighted by Crippen LogP contribution is 2.17. The zero-order valence-electron chi connectivity index (χ0n) is 10.3. The van der Waals surface area contributed by atoms with Crippen LogP contribution in [0.1, 0.15) is 6.42 Å². The number of nitrogens with one attached hydrogen (secondary N) is 1. The first kappa shape index (κ1) is 13.3. The quantitative estimate of drug-likeness (QED) is 0.656. The molecule has 19 heavy (non-hydrogen) atoms. The van der Waals surface area contributed by atoms with E-state index >= 15 is 0 Å². The molecule has 0 aromatic carbocycles. The predicted octanol–water partition coefficient (Wildman–Crippen LogP) is -0.887. The van der Waals surface area contributed by atoms with E-state index in [0.29, 0.717) is 13.1 Å². The van der Waals surface area contributed by atoms with E-state index in [1.807, 2.05) is 0 Å². The molecule has 0 aliphatic carbocycles. The third-order valence-corrected chi connectivity index (χ3v) is 3.00. The second kappa shape index (κ2) is 5.70. The first-order valence-corrected chi connectivity index (χ1v) is 6.00. The maximum Gasteiger partial charge on any atom is 0.326 e. The molecule has 8 nitrogen and oxygen atoms in total. The van der Waals surface area contributed by atoms with Crippen molar-refractivity contribution in [2.45, 2.75) is 25.1 Å². The van der Waals surface area contributed by atoms with Crippen LogP contribution in [0.5, 0.6) is 0 Å². The monoisotopic (exact) mass is 268 g/mol. The molecule has 0 bridgehead atoms. The lowest BCUT2D eigenvalue weighted by molar-refractivity contribution is -0.141. The number of carboxylic acids is 1. The number of aromatic nitrogens is 2. The molecule has 0 saturated carbocycles. The van der Waals surface area contributed by atoms with Gasteiger partial charge >= 0.3 is 12.0 Å². The molecule has 104 valence electrons. The summed E-state index contributed by atoms with van der Waals surface area (Å²) < 4.78 is 1.66. The Labute approximate surface area is 109 Å². The van der Waals surface area contributed by atoms with Crippen molar-refractivity contribution in [3.8, 4) is 0 Å². The van der Waals surface area contributed by atoms with Crippen molar-refractivity contribution in [1.82, 2.24) is 20.0 Å². The fourth-order valence-corrected chi connectivity index (χ4v) is 2.08. The van der Waals surface area contributed by atoms with E-state index in [9.17, 15) is 14.7 Å². The summed E-state index contributed by atoms with van der Waals surface area (Å²) in [6.45, 7) is 0.900. The Kier molecular flexibility index (Phi) is 4.00. The van der Waals surface area contributed by atoms with Gasteiger partial charge in [0.25, 0.3) is 0 Å². The zero-order valence-corrected chi connectivity index (χ0v) is 10.3. The van der Waals surface area contributed by atoms with Crippen LogP contribution in [-0.2, 0) is 11.3 Å². The number of carboxylic acid groups (broad SMARTS) is 1. The number of hydrogen-bond donors (Lipinski definition) is 3. The number of aliphatic hydroxyl groups excluding tert-OH is 1. The zero-order chi connectivity index (χ0) is 13.8. The van der Waals surface area contributed by atoms with E-state index in [1.165, 1.54) is 0 Å². The molecule has 8 heteroatoms. The number of carbonyl (C=O) groups excluding carboxylic acids is 1. The van der Waals surface area contributed by atoms with E-state index in [1.54, 1.807) is 23.1 Å². The third kappa shape index (κ3) is 3.22. The van der Waals surface area contributed by atoms with Gasteiger partial charge in [0.2, 0.25) is 0 Å². The molecule has 2 rings (SSSR count). The minimum Gasteiger partial charge on any atom is -0.480 e. The van der Waals surface area contributed by atoms with Crippen molar-refractivity contribution >= 4 is 12.0 Å². The fraction of sp³-hybridized carbons (Fsp3) is 0.545. The number of amides is 2. The van der Waals surface area contributed by atoms with Crippen LogP contribution in [0, 0.1) is 0 Å². The summed E-state index contributed by atoms with van der Waals surface area (Å²) in [7, 11) is 0. The Morgan fingerprint density at radius 2 is 2.26 bits per heavy atom. The Morgan fingerprint density at radius 3 is 2.89 bits per heavy atom.